The second-order valence-electron chi connectivity index (χ2n) is 5.62. The van der Waals surface area contributed by atoms with E-state index >= 15 is 0 Å². The largest absolute Gasteiger partial charge is 0.506 e. The quantitative estimate of drug-likeness (QED) is 0.526. The molecule has 0 saturated heterocycles. The third kappa shape index (κ3) is 4.04. The van der Waals surface area contributed by atoms with Crippen molar-refractivity contribution in [3.05, 3.63) is 93.3 Å². The highest BCUT2D eigenvalue weighted by Gasteiger charge is 2.27. The summed E-state index contributed by atoms with van der Waals surface area (Å²) in [5, 5.41) is 21.7. The van der Waals surface area contributed by atoms with Gasteiger partial charge < -0.3 is 5.11 Å². The zero-order valence-corrected chi connectivity index (χ0v) is 14.7. The molecule has 1 aromatic heterocycles. The standard InChI is InChI=1S/C19H14ClN3O4/c20-13-8-9-15(17(11-13)23(26)27)19(25)22(12-14-5-3-4-10-21-14)16-6-1-2-7-18(16)24/h1-11,24H,12H2. The van der Waals surface area contributed by atoms with E-state index in [1.165, 1.54) is 23.1 Å². The highest BCUT2D eigenvalue weighted by molar-refractivity contribution is 6.31. The molecule has 0 saturated carbocycles. The minimum Gasteiger partial charge on any atom is -0.506 e. The summed E-state index contributed by atoms with van der Waals surface area (Å²) in [5.41, 5.74) is 0.237. The lowest BCUT2D eigenvalue weighted by Gasteiger charge is -2.23. The van der Waals surface area contributed by atoms with Crippen molar-refractivity contribution >= 4 is 28.9 Å². The monoisotopic (exact) mass is 383 g/mol. The first-order valence-electron chi connectivity index (χ1n) is 7.91. The summed E-state index contributed by atoms with van der Waals surface area (Å²) in [6.07, 6.45) is 1.58. The van der Waals surface area contributed by atoms with E-state index in [0.29, 0.717) is 5.69 Å². The number of benzene rings is 2. The Hall–Kier alpha value is -3.45. The maximum absolute atomic E-state index is 13.2. The van der Waals surface area contributed by atoms with Crippen molar-refractivity contribution in [3.8, 4) is 5.75 Å². The van der Waals surface area contributed by atoms with Crippen LogP contribution in [0.4, 0.5) is 11.4 Å². The summed E-state index contributed by atoms with van der Waals surface area (Å²) in [6.45, 7) is 0.0248. The highest BCUT2D eigenvalue weighted by Crippen LogP contribution is 2.32. The molecule has 0 fully saturated rings. The molecular formula is C19H14ClN3O4. The van der Waals surface area contributed by atoms with Gasteiger partial charge in [0.15, 0.2) is 0 Å². The lowest BCUT2D eigenvalue weighted by molar-refractivity contribution is -0.385. The molecule has 2 aromatic carbocycles. The van der Waals surface area contributed by atoms with E-state index < -0.39 is 16.5 Å². The van der Waals surface area contributed by atoms with Crippen molar-refractivity contribution in [2.24, 2.45) is 0 Å². The van der Waals surface area contributed by atoms with Gasteiger partial charge in [0.1, 0.15) is 11.3 Å². The molecule has 3 rings (SSSR count). The van der Waals surface area contributed by atoms with E-state index in [-0.39, 0.29) is 28.6 Å². The molecule has 1 amide bonds. The summed E-state index contributed by atoms with van der Waals surface area (Å²) in [7, 11) is 0. The van der Waals surface area contributed by atoms with Crippen LogP contribution < -0.4 is 4.90 Å². The average molecular weight is 384 g/mol. The predicted octanol–water partition coefficient (Wildman–Crippen LogP) is 4.20. The number of phenolic OH excluding ortho intramolecular Hbond substituents is 1. The van der Waals surface area contributed by atoms with E-state index in [1.807, 2.05) is 0 Å². The number of para-hydroxylation sites is 2. The molecule has 0 aliphatic carbocycles. The van der Waals surface area contributed by atoms with Crippen molar-refractivity contribution in [2.75, 3.05) is 4.90 Å². The molecule has 0 aliphatic rings. The van der Waals surface area contributed by atoms with Crippen molar-refractivity contribution in [1.29, 1.82) is 0 Å². The number of halogens is 1. The number of carbonyl (C=O) groups excluding carboxylic acids is 1. The average Bonchev–Trinajstić information content (AvgIpc) is 2.67. The summed E-state index contributed by atoms with van der Waals surface area (Å²) in [4.78, 5) is 29.3. The Labute approximate surface area is 159 Å². The summed E-state index contributed by atoms with van der Waals surface area (Å²) in [6, 6.07) is 15.3. The Balaban J connectivity index is 2.09. The zero-order valence-electron chi connectivity index (χ0n) is 13.9. The number of anilines is 1. The predicted molar refractivity (Wildman–Crippen MR) is 101 cm³/mol. The first kappa shape index (κ1) is 18.3. The summed E-state index contributed by atoms with van der Waals surface area (Å²) in [5.74, 6) is -0.774. The Morgan fingerprint density at radius 2 is 1.89 bits per heavy atom. The van der Waals surface area contributed by atoms with E-state index in [9.17, 15) is 20.0 Å². The lowest BCUT2D eigenvalue weighted by atomic mass is 10.1. The molecule has 0 atom stereocenters. The third-order valence-corrected chi connectivity index (χ3v) is 4.09. The van der Waals surface area contributed by atoms with E-state index in [0.717, 1.165) is 6.07 Å². The number of nitrogens with zero attached hydrogens (tertiary/aromatic N) is 3. The molecule has 0 unspecified atom stereocenters. The van der Waals surface area contributed by atoms with Gasteiger partial charge in [0.05, 0.1) is 22.8 Å². The SMILES string of the molecule is O=C(c1ccc(Cl)cc1[N+](=O)[O-])N(Cc1ccccn1)c1ccccc1O. The van der Waals surface area contributed by atoms with Crippen LogP contribution in [0, 0.1) is 10.1 Å². The number of carbonyl (C=O) groups is 1. The maximum Gasteiger partial charge on any atom is 0.283 e. The van der Waals surface area contributed by atoms with Gasteiger partial charge in [-0.25, -0.2) is 0 Å². The number of nitro groups is 1. The van der Waals surface area contributed by atoms with E-state index in [1.54, 1.807) is 42.6 Å². The summed E-state index contributed by atoms with van der Waals surface area (Å²) < 4.78 is 0. The Kier molecular flexibility index (Phi) is 5.33. The van der Waals surface area contributed by atoms with Crippen molar-refractivity contribution in [1.82, 2.24) is 4.98 Å². The van der Waals surface area contributed by atoms with Gasteiger partial charge in [-0.15, -0.1) is 0 Å². The molecule has 0 spiro atoms. The number of pyridine rings is 1. The normalized spacial score (nSPS) is 10.4. The molecule has 3 aromatic rings. The number of hydrogen-bond donors (Lipinski definition) is 1. The minimum absolute atomic E-state index is 0.0248. The molecule has 0 radical (unpaired) electrons. The molecule has 27 heavy (non-hydrogen) atoms. The van der Waals surface area contributed by atoms with Crippen molar-refractivity contribution in [3.63, 3.8) is 0 Å². The number of phenols is 1. The van der Waals surface area contributed by atoms with Crippen LogP contribution in [0.2, 0.25) is 5.02 Å². The van der Waals surface area contributed by atoms with Gasteiger partial charge in [0, 0.05) is 17.3 Å². The Bertz CT molecular complexity index is 995. The molecule has 0 aliphatic heterocycles. The van der Waals surface area contributed by atoms with Crippen molar-refractivity contribution < 1.29 is 14.8 Å². The van der Waals surface area contributed by atoms with Gasteiger partial charge in [-0.1, -0.05) is 29.8 Å². The van der Waals surface area contributed by atoms with E-state index in [2.05, 4.69) is 4.98 Å². The fourth-order valence-corrected chi connectivity index (χ4v) is 2.76. The number of hydrogen-bond acceptors (Lipinski definition) is 5. The van der Waals surface area contributed by atoms with Crippen LogP contribution in [-0.2, 0) is 6.54 Å². The maximum atomic E-state index is 13.2. The molecule has 8 heteroatoms. The first-order chi connectivity index (χ1) is 13.0. The smallest absolute Gasteiger partial charge is 0.283 e. The van der Waals surface area contributed by atoms with Crippen LogP contribution in [0.1, 0.15) is 16.1 Å². The van der Waals surface area contributed by atoms with Crippen LogP contribution in [0.15, 0.2) is 66.9 Å². The lowest BCUT2D eigenvalue weighted by Crippen LogP contribution is -2.31. The topological polar surface area (TPSA) is 96.6 Å². The minimum atomic E-state index is -0.664. The van der Waals surface area contributed by atoms with Gasteiger partial charge in [-0.05, 0) is 36.4 Å². The number of rotatable bonds is 5. The van der Waals surface area contributed by atoms with Gasteiger partial charge in [0.25, 0.3) is 11.6 Å². The highest BCUT2D eigenvalue weighted by atomic mass is 35.5. The third-order valence-electron chi connectivity index (χ3n) is 3.85. The number of aromatic nitrogens is 1. The van der Waals surface area contributed by atoms with E-state index in [4.69, 9.17) is 11.6 Å². The van der Waals surface area contributed by atoms with Gasteiger partial charge in [-0.3, -0.25) is 24.8 Å². The van der Waals surface area contributed by atoms with Crippen LogP contribution in [-0.4, -0.2) is 20.9 Å². The number of aromatic hydroxyl groups is 1. The molecule has 1 heterocycles. The van der Waals surface area contributed by atoms with Gasteiger partial charge in [0.2, 0.25) is 0 Å². The molecule has 1 N–H and O–H groups in total. The molecular weight excluding hydrogens is 370 g/mol. The summed E-state index contributed by atoms with van der Waals surface area (Å²) >= 11 is 5.84. The number of nitro benzene ring substituents is 1. The van der Waals surface area contributed by atoms with Crippen LogP contribution in [0.3, 0.4) is 0 Å². The van der Waals surface area contributed by atoms with Crippen LogP contribution in [0.25, 0.3) is 0 Å². The van der Waals surface area contributed by atoms with Gasteiger partial charge in [-0.2, -0.15) is 0 Å². The molecule has 0 bridgehead atoms. The van der Waals surface area contributed by atoms with Crippen molar-refractivity contribution in [2.45, 2.75) is 6.54 Å². The Morgan fingerprint density at radius 3 is 2.56 bits per heavy atom. The van der Waals surface area contributed by atoms with Crippen LogP contribution >= 0.6 is 11.6 Å². The van der Waals surface area contributed by atoms with Crippen LogP contribution in [0.5, 0.6) is 5.75 Å². The molecule has 136 valence electrons. The fourth-order valence-electron chi connectivity index (χ4n) is 2.59. The zero-order chi connectivity index (χ0) is 19.4. The second-order valence-corrected chi connectivity index (χ2v) is 6.06. The first-order valence-corrected chi connectivity index (χ1v) is 8.29. The van der Waals surface area contributed by atoms with Gasteiger partial charge >= 0.3 is 0 Å². The second kappa shape index (κ2) is 7.84. The number of amides is 1. The fraction of sp³-hybridized carbons (Fsp3) is 0.0526. The Morgan fingerprint density at radius 1 is 1.15 bits per heavy atom. The molecule has 7 nitrogen and oxygen atoms in total.